The van der Waals surface area contributed by atoms with Crippen molar-refractivity contribution in [2.75, 3.05) is 7.05 Å². The summed E-state index contributed by atoms with van der Waals surface area (Å²) in [7, 11) is 5.69. The van der Waals surface area contributed by atoms with Crippen molar-refractivity contribution < 1.29 is 9.29 Å². The van der Waals surface area contributed by atoms with Gasteiger partial charge >= 0.3 is 0 Å². The van der Waals surface area contributed by atoms with Gasteiger partial charge in [-0.3, -0.25) is 0 Å². The van der Waals surface area contributed by atoms with E-state index in [1.807, 2.05) is 13.1 Å². The highest BCUT2D eigenvalue weighted by molar-refractivity contribution is 5.14. The Morgan fingerprint density at radius 2 is 2.27 bits per heavy atom. The van der Waals surface area contributed by atoms with Crippen molar-refractivity contribution in [3.8, 4) is 0 Å². The molecule has 0 heterocycles. The van der Waals surface area contributed by atoms with Gasteiger partial charge in [0.15, 0.2) is 0 Å². The molecule has 0 bridgehead atoms. The van der Waals surface area contributed by atoms with E-state index >= 15 is 0 Å². The van der Waals surface area contributed by atoms with Crippen molar-refractivity contribution in [1.29, 1.82) is 0 Å². The van der Waals surface area contributed by atoms with Crippen LogP contribution in [0.2, 0.25) is 0 Å². The Morgan fingerprint density at radius 1 is 1.55 bits per heavy atom. The molecule has 0 radical (unpaired) electrons. The number of hydrogen-bond acceptors (Lipinski definition) is 0. The summed E-state index contributed by atoms with van der Waals surface area (Å²) in [4.78, 5) is 1.05. The average molecular weight is 153 g/mol. The molecule has 0 aliphatic carbocycles. The van der Waals surface area contributed by atoms with E-state index in [0.29, 0.717) is 0 Å². The maximum atomic E-state index is 12.6. The first-order valence-electron chi connectivity index (χ1n) is 3.57. The molecule has 0 aromatic heterocycles. The van der Waals surface area contributed by atoms with Crippen molar-refractivity contribution in [2.24, 2.45) is 0 Å². The van der Waals surface area contributed by atoms with Crippen molar-refractivity contribution in [1.82, 2.24) is 0 Å². The maximum Gasteiger partial charge on any atom is 0.123 e. The van der Waals surface area contributed by atoms with Crippen LogP contribution in [0.3, 0.4) is 0 Å². The summed E-state index contributed by atoms with van der Waals surface area (Å²) < 4.78 is 12.6. The van der Waals surface area contributed by atoms with Crippen LogP contribution in [0.25, 0.3) is 0 Å². The minimum atomic E-state index is -0.177. The second-order valence-corrected chi connectivity index (χ2v) is 2.76. The summed E-state index contributed by atoms with van der Waals surface area (Å²) in [5.41, 5.74) is 0.984. The fourth-order valence-corrected chi connectivity index (χ4v) is 0.995. The van der Waals surface area contributed by atoms with Crippen LogP contribution >= 0.6 is 0 Å². The first kappa shape index (κ1) is 8.21. The van der Waals surface area contributed by atoms with Gasteiger partial charge in [0.25, 0.3) is 0 Å². The lowest BCUT2D eigenvalue weighted by atomic mass is 10.2. The second kappa shape index (κ2) is 3.49. The average Bonchev–Trinajstić information content (AvgIpc) is 1.85. The smallest absolute Gasteiger partial charge is 0.123 e. The molecule has 1 rings (SSSR count). The fraction of sp³-hybridized carbons (Fsp3) is 0.222. The number of benzene rings is 1. The number of halogens is 1. The first-order chi connectivity index (χ1) is 5.18. The molecule has 60 valence electrons. The highest BCUT2D eigenvalue weighted by Crippen LogP contribution is 2.00. The van der Waals surface area contributed by atoms with E-state index in [0.717, 1.165) is 17.0 Å². The van der Waals surface area contributed by atoms with Crippen LogP contribution in [0.5, 0.6) is 0 Å². The third kappa shape index (κ3) is 2.68. The second-order valence-electron chi connectivity index (χ2n) is 2.76. The summed E-state index contributed by atoms with van der Waals surface area (Å²) >= 11 is 0. The molecule has 0 fully saturated rings. The quantitative estimate of drug-likeness (QED) is 0.594. The predicted octanol–water partition coefficient (Wildman–Crippen LogP) is 0.632. The zero-order valence-electron chi connectivity index (χ0n) is 6.60. The molecule has 1 unspecified atom stereocenters. The van der Waals surface area contributed by atoms with E-state index in [4.69, 9.17) is 0 Å². The van der Waals surface area contributed by atoms with Gasteiger partial charge < -0.3 is 4.90 Å². The Morgan fingerprint density at radius 3 is 2.82 bits per heavy atom. The normalized spacial score (nSPS) is 13.0. The number of hydrogen-bond donors (Lipinski definition) is 1. The molecule has 1 atom stereocenters. The van der Waals surface area contributed by atoms with Gasteiger partial charge in [0.2, 0.25) is 0 Å². The van der Waals surface area contributed by atoms with Gasteiger partial charge in [-0.15, -0.1) is 0 Å². The Kier molecular flexibility index (Phi) is 2.60. The Bertz CT molecular complexity index is 233. The summed E-state index contributed by atoms with van der Waals surface area (Å²) in [6.45, 7) is 0.762. The topological polar surface area (TPSA) is 4.44 Å². The van der Waals surface area contributed by atoms with Crippen LogP contribution in [0.4, 0.5) is 4.39 Å². The highest BCUT2D eigenvalue weighted by atomic mass is 19.1. The first-order valence-corrected chi connectivity index (χ1v) is 3.57. The third-order valence-electron chi connectivity index (χ3n) is 1.39. The molecule has 0 aliphatic heterocycles. The van der Waals surface area contributed by atoms with Crippen molar-refractivity contribution in [3.05, 3.63) is 42.7 Å². The van der Waals surface area contributed by atoms with Crippen LogP contribution in [-0.4, -0.2) is 7.05 Å². The van der Waals surface area contributed by atoms with Gasteiger partial charge in [0.05, 0.1) is 6.54 Å². The number of rotatable bonds is 2. The molecule has 1 aromatic carbocycles. The molecule has 0 saturated heterocycles. The Labute approximate surface area is 66.5 Å². The van der Waals surface area contributed by atoms with Gasteiger partial charge in [0.1, 0.15) is 5.82 Å². The Balaban J connectivity index is 2.71. The van der Waals surface area contributed by atoms with Gasteiger partial charge in [-0.05, 0) is 12.1 Å². The van der Waals surface area contributed by atoms with E-state index in [2.05, 4.69) is 7.05 Å². The van der Waals surface area contributed by atoms with Crippen LogP contribution < -0.4 is 4.90 Å². The molecular weight excluding hydrogens is 141 g/mol. The molecule has 1 aromatic rings. The Hall–Kier alpha value is -0.890. The zero-order valence-corrected chi connectivity index (χ0v) is 6.60. The molecular formula is C9H12FN. The number of quaternary nitrogens is 1. The summed E-state index contributed by atoms with van der Waals surface area (Å²) in [5.74, 6) is -0.177. The fourth-order valence-electron chi connectivity index (χ4n) is 0.995. The highest BCUT2D eigenvalue weighted by Gasteiger charge is 1.95. The van der Waals surface area contributed by atoms with E-state index in [-0.39, 0.29) is 5.82 Å². The van der Waals surface area contributed by atoms with E-state index < -0.39 is 0 Å². The van der Waals surface area contributed by atoms with Gasteiger partial charge in [-0.1, -0.05) is 12.1 Å². The van der Waals surface area contributed by atoms with E-state index in [1.54, 1.807) is 6.07 Å². The molecule has 11 heavy (non-hydrogen) atoms. The molecule has 0 aliphatic rings. The monoisotopic (exact) mass is 153 g/mol. The lowest BCUT2D eigenvalue weighted by molar-refractivity contribution is -0.846. The van der Waals surface area contributed by atoms with Crippen molar-refractivity contribution in [2.45, 2.75) is 6.54 Å². The van der Waals surface area contributed by atoms with Crippen LogP contribution in [0.15, 0.2) is 24.3 Å². The zero-order chi connectivity index (χ0) is 8.27. The lowest BCUT2D eigenvalue weighted by Crippen LogP contribution is -3.01. The van der Waals surface area contributed by atoms with E-state index in [9.17, 15) is 4.39 Å². The third-order valence-corrected chi connectivity index (χ3v) is 1.39. The standard InChI is InChI=1S/C9H12FN/c1-11(2)7-8-4-3-5-9(10)6-8/h3-6,11H,1,7H2,2H3. The molecule has 0 saturated carbocycles. The van der Waals surface area contributed by atoms with Gasteiger partial charge in [-0.25, -0.2) is 4.39 Å². The molecule has 0 spiro atoms. The minimum Gasteiger partial charge on any atom is -0.467 e. The summed E-state index contributed by atoms with van der Waals surface area (Å²) in [6, 6.07) is 6.60. The molecule has 1 nitrogen and oxygen atoms in total. The van der Waals surface area contributed by atoms with Gasteiger partial charge in [-0.2, -0.15) is 7.05 Å². The predicted molar refractivity (Wildman–Crippen MR) is 42.3 cm³/mol. The summed E-state index contributed by atoms with van der Waals surface area (Å²) in [5, 5.41) is 0. The van der Waals surface area contributed by atoms with Gasteiger partial charge in [0, 0.05) is 12.6 Å². The van der Waals surface area contributed by atoms with Crippen LogP contribution in [0.1, 0.15) is 5.56 Å². The molecule has 2 heteroatoms. The SMILES string of the molecule is [CH2-][NH+](C)Cc1cccc(F)c1. The van der Waals surface area contributed by atoms with Crippen LogP contribution in [-0.2, 0) is 6.54 Å². The minimum absolute atomic E-state index is 0.177. The summed E-state index contributed by atoms with van der Waals surface area (Å²) in [6.07, 6.45) is 0. The maximum absolute atomic E-state index is 12.6. The van der Waals surface area contributed by atoms with Crippen LogP contribution in [0, 0.1) is 12.9 Å². The number of nitrogens with one attached hydrogen (secondary N) is 1. The molecule has 0 amide bonds. The van der Waals surface area contributed by atoms with Crippen molar-refractivity contribution in [3.63, 3.8) is 0 Å². The molecule has 1 N–H and O–H groups in total. The lowest BCUT2D eigenvalue weighted by Gasteiger charge is -2.13. The van der Waals surface area contributed by atoms with E-state index in [1.165, 1.54) is 12.1 Å². The van der Waals surface area contributed by atoms with Crippen molar-refractivity contribution >= 4 is 0 Å². The largest absolute Gasteiger partial charge is 0.467 e.